The molecule has 0 saturated carbocycles. The quantitative estimate of drug-likeness (QED) is 0.808. The average Bonchev–Trinajstić information content (AvgIpc) is 2.75. The van der Waals surface area contributed by atoms with Gasteiger partial charge in [-0.3, -0.25) is 4.79 Å². The number of para-hydroxylation sites is 1. The molecular formula is C12H11BrN2O. The van der Waals surface area contributed by atoms with Gasteiger partial charge in [-0.25, -0.2) is 4.68 Å². The minimum absolute atomic E-state index is 0.127. The summed E-state index contributed by atoms with van der Waals surface area (Å²) in [5.41, 5.74) is 1.53. The fraction of sp³-hybridized carbons (Fsp3) is 0.167. The molecule has 0 aliphatic rings. The maximum atomic E-state index is 11.8. The molecule has 82 valence electrons. The smallest absolute Gasteiger partial charge is 0.164 e. The molecule has 2 aromatic rings. The predicted molar refractivity (Wildman–Crippen MR) is 65.9 cm³/mol. The number of halogens is 1. The number of nitrogens with zero attached hydrogens (tertiary/aromatic N) is 2. The van der Waals surface area contributed by atoms with Crippen LogP contribution in [0.15, 0.2) is 41.1 Å². The summed E-state index contributed by atoms with van der Waals surface area (Å²) < 4.78 is 2.60. The first-order valence-electron chi connectivity index (χ1n) is 5.05. The summed E-state index contributed by atoms with van der Waals surface area (Å²) in [6.07, 6.45) is 4.04. The monoisotopic (exact) mass is 278 g/mol. The molecule has 1 aromatic heterocycles. The van der Waals surface area contributed by atoms with Crippen LogP contribution in [-0.2, 0) is 0 Å². The molecule has 0 amide bonds. The molecule has 2 rings (SSSR count). The number of carbonyl (C=O) groups is 1. The van der Waals surface area contributed by atoms with Crippen LogP contribution in [0.4, 0.5) is 0 Å². The van der Waals surface area contributed by atoms with Crippen molar-refractivity contribution in [3.05, 3.63) is 46.7 Å². The Morgan fingerprint density at radius 3 is 2.81 bits per heavy atom. The highest BCUT2D eigenvalue weighted by Crippen LogP contribution is 2.17. The Morgan fingerprint density at radius 1 is 1.44 bits per heavy atom. The fourth-order valence-electron chi connectivity index (χ4n) is 1.53. The largest absolute Gasteiger partial charge is 0.294 e. The van der Waals surface area contributed by atoms with Gasteiger partial charge in [0.2, 0.25) is 0 Å². The Hall–Kier alpha value is -1.42. The topological polar surface area (TPSA) is 34.9 Å². The number of Topliss-reactive ketones (excluding diaryl/α,β-unsaturated/α-hetero) is 1. The minimum atomic E-state index is 0.127. The SMILES string of the molecule is CCC(=O)c1ccccc1-n1cc(Br)cn1. The Bertz CT molecular complexity index is 519. The molecule has 16 heavy (non-hydrogen) atoms. The number of hydrogen-bond donors (Lipinski definition) is 0. The van der Waals surface area contributed by atoms with E-state index in [0.29, 0.717) is 12.0 Å². The van der Waals surface area contributed by atoms with Crippen molar-refractivity contribution in [3.8, 4) is 5.69 Å². The fourth-order valence-corrected chi connectivity index (χ4v) is 1.82. The van der Waals surface area contributed by atoms with Crippen LogP contribution in [0.3, 0.4) is 0 Å². The van der Waals surface area contributed by atoms with Gasteiger partial charge in [0.25, 0.3) is 0 Å². The highest BCUT2D eigenvalue weighted by molar-refractivity contribution is 9.10. The van der Waals surface area contributed by atoms with Gasteiger partial charge in [-0.05, 0) is 28.1 Å². The molecule has 1 heterocycles. The molecule has 0 fully saturated rings. The second-order valence-electron chi connectivity index (χ2n) is 3.40. The Kier molecular flexibility index (Phi) is 3.19. The van der Waals surface area contributed by atoms with E-state index >= 15 is 0 Å². The summed E-state index contributed by atoms with van der Waals surface area (Å²) in [7, 11) is 0. The van der Waals surface area contributed by atoms with E-state index < -0.39 is 0 Å². The van der Waals surface area contributed by atoms with Crippen molar-refractivity contribution in [3.63, 3.8) is 0 Å². The number of carbonyl (C=O) groups excluding carboxylic acids is 1. The lowest BCUT2D eigenvalue weighted by Crippen LogP contribution is -2.05. The van der Waals surface area contributed by atoms with Gasteiger partial charge in [-0.15, -0.1) is 0 Å². The maximum Gasteiger partial charge on any atom is 0.164 e. The average molecular weight is 279 g/mol. The zero-order chi connectivity index (χ0) is 11.5. The second kappa shape index (κ2) is 4.61. The summed E-state index contributed by atoms with van der Waals surface area (Å²) in [5, 5.41) is 4.18. The summed E-state index contributed by atoms with van der Waals surface area (Å²) in [6.45, 7) is 1.86. The molecular weight excluding hydrogens is 268 g/mol. The first-order valence-corrected chi connectivity index (χ1v) is 5.84. The van der Waals surface area contributed by atoms with E-state index in [0.717, 1.165) is 10.2 Å². The van der Waals surface area contributed by atoms with Crippen LogP contribution in [0.2, 0.25) is 0 Å². The molecule has 0 spiro atoms. The Morgan fingerprint density at radius 2 is 2.19 bits per heavy atom. The number of aromatic nitrogens is 2. The van der Waals surface area contributed by atoms with Crippen LogP contribution in [0.25, 0.3) is 5.69 Å². The van der Waals surface area contributed by atoms with Crippen molar-refractivity contribution in [1.82, 2.24) is 9.78 Å². The third-order valence-corrected chi connectivity index (χ3v) is 2.73. The van der Waals surface area contributed by atoms with Gasteiger partial charge < -0.3 is 0 Å². The lowest BCUT2D eigenvalue weighted by atomic mass is 10.1. The third kappa shape index (κ3) is 2.07. The van der Waals surface area contributed by atoms with Crippen LogP contribution in [-0.4, -0.2) is 15.6 Å². The summed E-state index contributed by atoms with van der Waals surface area (Å²) in [6, 6.07) is 7.49. The number of hydrogen-bond acceptors (Lipinski definition) is 2. The van der Waals surface area contributed by atoms with Crippen LogP contribution in [0.1, 0.15) is 23.7 Å². The zero-order valence-corrected chi connectivity index (χ0v) is 10.4. The lowest BCUT2D eigenvalue weighted by Gasteiger charge is -2.07. The molecule has 0 unspecified atom stereocenters. The van der Waals surface area contributed by atoms with Crippen molar-refractivity contribution in [2.45, 2.75) is 13.3 Å². The van der Waals surface area contributed by atoms with E-state index in [1.165, 1.54) is 0 Å². The predicted octanol–water partition coefficient (Wildman–Crippen LogP) is 3.23. The van der Waals surface area contributed by atoms with Crippen molar-refractivity contribution in [2.75, 3.05) is 0 Å². The molecule has 0 N–H and O–H groups in total. The molecule has 1 aromatic carbocycles. The van der Waals surface area contributed by atoms with Crippen molar-refractivity contribution in [1.29, 1.82) is 0 Å². The van der Waals surface area contributed by atoms with E-state index in [-0.39, 0.29) is 5.78 Å². The normalized spacial score (nSPS) is 10.4. The molecule has 0 saturated heterocycles. The van der Waals surface area contributed by atoms with Crippen LogP contribution >= 0.6 is 15.9 Å². The first-order chi connectivity index (χ1) is 7.72. The molecule has 0 aliphatic carbocycles. The Labute approximate surface area is 102 Å². The van der Waals surface area contributed by atoms with Gasteiger partial charge in [-0.2, -0.15) is 5.10 Å². The number of rotatable bonds is 3. The van der Waals surface area contributed by atoms with Crippen molar-refractivity contribution >= 4 is 21.7 Å². The highest BCUT2D eigenvalue weighted by atomic mass is 79.9. The van der Waals surface area contributed by atoms with E-state index in [4.69, 9.17) is 0 Å². The summed E-state index contributed by atoms with van der Waals surface area (Å²) in [5.74, 6) is 0.127. The van der Waals surface area contributed by atoms with Gasteiger partial charge in [-0.1, -0.05) is 19.1 Å². The molecule has 3 nitrogen and oxygen atoms in total. The number of benzene rings is 1. The van der Waals surface area contributed by atoms with Crippen molar-refractivity contribution < 1.29 is 4.79 Å². The Balaban J connectivity index is 2.52. The van der Waals surface area contributed by atoms with E-state index in [9.17, 15) is 4.79 Å². The van der Waals surface area contributed by atoms with Gasteiger partial charge in [0.1, 0.15) is 0 Å². The minimum Gasteiger partial charge on any atom is -0.294 e. The molecule has 0 atom stereocenters. The van der Waals surface area contributed by atoms with E-state index in [1.54, 1.807) is 10.9 Å². The maximum absolute atomic E-state index is 11.8. The van der Waals surface area contributed by atoms with Gasteiger partial charge in [0, 0.05) is 18.2 Å². The molecule has 0 radical (unpaired) electrons. The summed E-state index contributed by atoms with van der Waals surface area (Å²) in [4.78, 5) is 11.8. The highest BCUT2D eigenvalue weighted by Gasteiger charge is 2.10. The number of ketones is 1. The molecule has 4 heteroatoms. The van der Waals surface area contributed by atoms with Gasteiger partial charge >= 0.3 is 0 Å². The van der Waals surface area contributed by atoms with Crippen LogP contribution in [0, 0.1) is 0 Å². The zero-order valence-electron chi connectivity index (χ0n) is 8.85. The summed E-state index contributed by atoms with van der Waals surface area (Å²) >= 11 is 3.34. The lowest BCUT2D eigenvalue weighted by molar-refractivity contribution is 0.0988. The third-order valence-electron chi connectivity index (χ3n) is 2.32. The molecule has 0 aliphatic heterocycles. The van der Waals surface area contributed by atoms with Crippen molar-refractivity contribution in [2.24, 2.45) is 0 Å². The van der Waals surface area contributed by atoms with Gasteiger partial charge in [0.15, 0.2) is 5.78 Å². The van der Waals surface area contributed by atoms with E-state index in [1.807, 2.05) is 37.4 Å². The first kappa shape index (κ1) is 11.1. The standard InChI is InChI=1S/C12H11BrN2O/c1-2-12(16)10-5-3-4-6-11(10)15-8-9(13)7-14-15/h3-8H,2H2,1H3. The molecule has 0 bridgehead atoms. The van der Waals surface area contributed by atoms with E-state index in [2.05, 4.69) is 21.0 Å². The van der Waals surface area contributed by atoms with Crippen LogP contribution < -0.4 is 0 Å². The second-order valence-corrected chi connectivity index (χ2v) is 4.31. The van der Waals surface area contributed by atoms with Gasteiger partial charge in [0.05, 0.1) is 16.4 Å². The van der Waals surface area contributed by atoms with Crippen LogP contribution in [0.5, 0.6) is 0 Å².